The Bertz CT molecular complexity index is 500. The van der Waals surface area contributed by atoms with Crippen molar-refractivity contribution < 1.29 is 28.5 Å². The quantitative estimate of drug-likeness (QED) is 0.431. The van der Waals surface area contributed by atoms with Gasteiger partial charge in [0.15, 0.2) is 6.20 Å². The number of aromatic nitrogens is 1. The van der Waals surface area contributed by atoms with Crippen molar-refractivity contribution in [2.24, 2.45) is 7.05 Å². The van der Waals surface area contributed by atoms with E-state index >= 15 is 0 Å². The van der Waals surface area contributed by atoms with Gasteiger partial charge in [-0.1, -0.05) is 12.1 Å². The maximum atomic E-state index is 8.87. The van der Waals surface area contributed by atoms with E-state index in [1.54, 1.807) is 0 Å². The SMILES string of the molecule is C[n+]1ccc(C#N)c2ccccc21.[I-]. The largest absolute Gasteiger partial charge is 1.00 e. The lowest BCUT2D eigenvalue weighted by molar-refractivity contribution is -0.644. The molecule has 70 valence electrons. The molecule has 0 fully saturated rings. The molecule has 0 radical (unpaired) electrons. The molecule has 0 spiro atoms. The fraction of sp³-hybridized carbons (Fsp3) is 0.0909. The molecule has 0 N–H and O–H groups in total. The van der Waals surface area contributed by atoms with Gasteiger partial charge < -0.3 is 24.0 Å². The molecule has 2 aromatic rings. The number of hydrogen-bond acceptors (Lipinski definition) is 1. The molecule has 0 unspecified atom stereocenters. The van der Waals surface area contributed by atoms with Crippen molar-refractivity contribution in [1.29, 1.82) is 5.26 Å². The summed E-state index contributed by atoms with van der Waals surface area (Å²) in [7, 11) is 1.98. The van der Waals surface area contributed by atoms with Gasteiger partial charge in [-0.2, -0.15) is 5.26 Å². The average molecular weight is 296 g/mol. The Balaban J connectivity index is 0.000000980. The smallest absolute Gasteiger partial charge is 0.213 e. The van der Waals surface area contributed by atoms with E-state index in [1.165, 1.54) is 0 Å². The van der Waals surface area contributed by atoms with Crippen molar-refractivity contribution in [2.45, 2.75) is 0 Å². The zero-order chi connectivity index (χ0) is 9.26. The van der Waals surface area contributed by atoms with Crippen molar-refractivity contribution >= 4 is 10.9 Å². The van der Waals surface area contributed by atoms with Gasteiger partial charge in [-0.15, -0.1) is 0 Å². The molecule has 0 aliphatic carbocycles. The van der Waals surface area contributed by atoms with Gasteiger partial charge in [0.25, 0.3) is 0 Å². The van der Waals surface area contributed by atoms with Gasteiger partial charge >= 0.3 is 0 Å². The van der Waals surface area contributed by atoms with E-state index in [9.17, 15) is 0 Å². The second-order valence-corrected chi connectivity index (χ2v) is 2.97. The van der Waals surface area contributed by atoms with E-state index in [4.69, 9.17) is 5.26 Å². The third-order valence-corrected chi connectivity index (χ3v) is 2.16. The Morgan fingerprint density at radius 1 is 1.21 bits per heavy atom. The second-order valence-electron chi connectivity index (χ2n) is 2.97. The first-order valence-electron chi connectivity index (χ1n) is 4.10. The van der Waals surface area contributed by atoms with Crippen molar-refractivity contribution in [3.05, 3.63) is 42.1 Å². The van der Waals surface area contributed by atoms with Gasteiger partial charge in [-0.05, 0) is 6.07 Å². The molecule has 1 aromatic carbocycles. The number of para-hydroxylation sites is 1. The number of hydrogen-bond donors (Lipinski definition) is 0. The molecular formula is C11H9IN2. The normalized spacial score (nSPS) is 9.14. The van der Waals surface area contributed by atoms with Crippen LogP contribution in [0.25, 0.3) is 10.9 Å². The number of pyridine rings is 1. The first-order chi connectivity index (χ1) is 6.33. The van der Waals surface area contributed by atoms with Crippen molar-refractivity contribution in [3.8, 4) is 6.07 Å². The molecule has 2 nitrogen and oxygen atoms in total. The molecule has 1 aromatic heterocycles. The summed E-state index contributed by atoms with van der Waals surface area (Å²) in [5, 5.41) is 9.88. The zero-order valence-electron chi connectivity index (χ0n) is 7.74. The Morgan fingerprint density at radius 2 is 1.93 bits per heavy atom. The summed E-state index contributed by atoms with van der Waals surface area (Å²) < 4.78 is 2.01. The van der Waals surface area contributed by atoms with E-state index < -0.39 is 0 Å². The van der Waals surface area contributed by atoms with E-state index in [2.05, 4.69) is 6.07 Å². The summed E-state index contributed by atoms with van der Waals surface area (Å²) in [5.41, 5.74) is 1.82. The number of fused-ring (bicyclic) bond motifs is 1. The van der Waals surface area contributed by atoms with E-state index in [1.807, 2.05) is 48.1 Å². The number of benzene rings is 1. The molecule has 0 aliphatic rings. The van der Waals surface area contributed by atoms with Crippen LogP contribution >= 0.6 is 0 Å². The number of nitriles is 1. The van der Waals surface area contributed by atoms with Crippen LogP contribution in [0.4, 0.5) is 0 Å². The monoisotopic (exact) mass is 296 g/mol. The molecule has 0 atom stereocenters. The van der Waals surface area contributed by atoms with E-state index in [0.717, 1.165) is 16.5 Å². The highest BCUT2D eigenvalue weighted by Crippen LogP contribution is 2.13. The topological polar surface area (TPSA) is 27.7 Å². The highest BCUT2D eigenvalue weighted by molar-refractivity contribution is 5.81. The summed E-state index contributed by atoms with van der Waals surface area (Å²) in [6.07, 6.45) is 1.90. The van der Waals surface area contributed by atoms with Crippen LogP contribution in [0.1, 0.15) is 5.56 Å². The predicted octanol–water partition coefficient (Wildman–Crippen LogP) is -1.46. The molecule has 1 heterocycles. The molecule has 0 aliphatic heterocycles. The van der Waals surface area contributed by atoms with Crippen molar-refractivity contribution in [3.63, 3.8) is 0 Å². The maximum Gasteiger partial charge on any atom is 0.213 e. The fourth-order valence-electron chi connectivity index (χ4n) is 1.46. The Labute approximate surface area is 99.8 Å². The van der Waals surface area contributed by atoms with Crippen LogP contribution in [0.15, 0.2) is 36.5 Å². The van der Waals surface area contributed by atoms with Gasteiger partial charge in [0, 0.05) is 12.1 Å². The molecule has 0 saturated carbocycles. The van der Waals surface area contributed by atoms with Crippen LogP contribution in [0.3, 0.4) is 0 Å². The number of nitrogens with zero attached hydrogens (tertiary/aromatic N) is 2. The van der Waals surface area contributed by atoms with Crippen molar-refractivity contribution in [1.82, 2.24) is 0 Å². The summed E-state index contributed by atoms with van der Waals surface area (Å²) in [4.78, 5) is 0. The van der Waals surface area contributed by atoms with Gasteiger partial charge in [0.05, 0.1) is 10.9 Å². The minimum absolute atomic E-state index is 0. The third-order valence-electron chi connectivity index (χ3n) is 2.16. The fourth-order valence-corrected chi connectivity index (χ4v) is 1.46. The minimum atomic E-state index is 0. The molecule has 0 saturated heterocycles. The zero-order valence-corrected chi connectivity index (χ0v) is 9.89. The minimum Gasteiger partial charge on any atom is -1.00 e. The Kier molecular flexibility index (Phi) is 3.42. The standard InChI is InChI=1S/C11H9N2.HI/c1-13-7-6-9(8-12)10-4-2-3-5-11(10)13;/h2-7H,1H3;1H/q+1;/p-1. The average Bonchev–Trinajstić information content (AvgIpc) is 2.19. The first-order valence-corrected chi connectivity index (χ1v) is 4.10. The number of aryl methyl sites for hydroxylation is 1. The van der Waals surface area contributed by atoms with Crippen LogP contribution in [0, 0.1) is 11.3 Å². The lowest BCUT2D eigenvalue weighted by Gasteiger charge is -1.96. The summed E-state index contributed by atoms with van der Waals surface area (Å²) in [5.74, 6) is 0. The lowest BCUT2D eigenvalue weighted by Crippen LogP contribution is -3.00. The van der Waals surface area contributed by atoms with E-state index in [0.29, 0.717) is 0 Å². The molecule has 3 heteroatoms. The van der Waals surface area contributed by atoms with Gasteiger partial charge in [-0.25, -0.2) is 4.57 Å². The molecular weight excluding hydrogens is 287 g/mol. The first kappa shape index (κ1) is 10.9. The van der Waals surface area contributed by atoms with Gasteiger partial charge in [0.1, 0.15) is 13.1 Å². The molecule has 0 bridgehead atoms. The highest BCUT2D eigenvalue weighted by Gasteiger charge is 2.06. The van der Waals surface area contributed by atoms with Gasteiger partial charge in [-0.3, -0.25) is 0 Å². The van der Waals surface area contributed by atoms with Crippen LogP contribution < -0.4 is 28.5 Å². The van der Waals surface area contributed by atoms with Crippen LogP contribution in [-0.4, -0.2) is 0 Å². The summed E-state index contributed by atoms with van der Waals surface area (Å²) >= 11 is 0. The predicted molar refractivity (Wildman–Crippen MR) is 49.8 cm³/mol. The Morgan fingerprint density at radius 3 is 2.64 bits per heavy atom. The lowest BCUT2D eigenvalue weighted by atomic mass is 10.1. The van der Waals surface area contributed by atoms with Crippen molar-refractivity contribution in [2.75, 3.05) is 0 Å². The number of rotatable bonds is 0. The van der Waals surface area contributed by atoms with Crippen LogP contribution in [0.5, 0.6) is 0 Å². The second kappa shape index (κ2) is 4.38. The molecule has 2 rings (SSSR count). The Hall–Kier alpha value is -1.15. The summed E-state index contributed by atoms with van der Waals surface area (Å²) in [6.45, 7) is 0. The van der Waals surface area contributed by atoms with E-state index in [-0.39, 0.29) is 24.0 Å². The number of halogens is 1. The van der Waals surface area contributed by atoms with Crippen LogP contribution in [-0.2, 0) is 7.05 Å². The molecule has 14 heavy (non-hydrogen) atoms. The maximum absolute atomic E-state index is 8.87. The summed E-state index contributed by atoms with van der Waals surface area (Å²) in [6, 6.07) is 11.9. The van der Waals surface area contributed by atoms with Gasteiger partial charge in [0.2, 0.25) is 5.52 Å². The highest BCUT2D eigenvalue weighted by atomic mass is 127. The molecule has 0 amide bonds. The third kappa shape index (κ3) is 1.70. The van der Waals surface area contributed by atoms with Crippen LogP contribution in [0.2, 0.25) is 0 Å².